The molecule has 0 spiro atoms. The zero-order chi connectivity index (χ0) is 15.5. The van der Waals surface area contributed by atoms with Gasteiger partial charge in [-0.1, -0.05) is 23.7 Å². The Morgan fingerprint density at radius 1 is 1.29 bits per heavy atom. The molecule has 0 amide bonds. The van der Waals surface area contributed by atoms with Crippen LogP contribution in [0.4, 0.5) is 0 Å². The summed E-state index contributed by atoms with van der Waals surface area (Å²) >= 11 is 5.88. The van der Waals surface area contributed by atoms with Gasteiger partial charge in [-0.15, -0.1) is 5.10 Å². The summed E-state index contributed by atoms with van der Waals surface area (Å²) in [5.74, 6) is 0. The van der Waals surface area contributed by atoms with Gasteiger partial charge in [-0.25, -0.2) is 4.68 Å². The number of hydrogen-bond acceptors (Lipinski definition) is 4. The highest BCUT2D eigenvalue weighted by atomic mass is 35.5. The van der Waals surface area contributed by atoms with Crippen LogP contribution in [0.1, 0.15) is 26.5 Å². The number of rotatable bonds is 6. The summed E-state index contributed by atoms with van der Waals surface area (Å²) in [6, 6.07) is 7.44. The van der Waals surface area contributed by atoms with Gasteiger partial charge >= 0.3 is 0 Å². The molecule has 0 fully saturated rings. The van der Waals surface area contributed by atoms with E-state index < -0.39 is 5.60 Å². The summed E-state index contributed by atoms with van der Waals surface area (Å²) in [6.45, 7) is 7.78. The van der Waals surface area contributed by atoms with Gasteiger partial charge in [0.2, 0.25) is 0 Å². The third kappa shape index (κ3) is 4.81. The van der Waals surface area contributed by atoms with Crippen molar-refractivity contribution in [3.63, 3.8) is 0 Å². The Hall–Kier alpha value is -1.43. The zero-order valence-electron chi connectivity index (χ0n) is 12.6. The van der Waals surface area contributed by atoms with Crippen LogP contribution in [0, 0.1) is 0 Å². The fourth-order valence-electron chi connectivity index (χ4n) is 2.15. The van der Waals surface area contributed by atoms with Crippen molar-refractivity contribution < 1.29 is 5.11 Å². The van der Waals surface area contributed by atoms with Crippen molar-refractivity contribution in [1.82, 2.24) is 19.9 Å². The number of aliphatic hydroxyl groups is 1. The summed E-state index contributed by atoms with van der Waals surface area (Å²) in [7, 11) is 0. The van der Waals surface area contributed by atoms with Crippen molar-refractivity contribution in [2.75, 3.05) is 13.1 Å². The zero-order valence-corrected chi connectivity index (χ0v) is 13.4. The smallest absolute Gasteiger partial charge is 0.0971 e. The summed E-state index contributed by atoms with van der Waals surface area (Å²) in [5, 5.41) is 18.9. The molecular formula is C15H21ClN4O. The van der Waals surface area contributed by atoms with Gasteiger partial charge < -0.3 is 5.11 Å². The molecule has 6 heteroatoms. The van der Waals surface area contributed by atoms with Crippen molar-refractivity contribution in [3.05, 3.63) is 41.2 Å². The molecule has 0 aliphatic heterocycles. The molecule has 1 N–H and O–H groups in total. The van der Waals surface area contributed by atoms with E-state index in [2.05, 4.69) is 22.1 Å². The second-order valence-corrected chi connectivity index (χ2v) is 6.18. The molecule has 1 aromatic carbocycles. The fraction of sp³-hybridized carbons (Fsp3) is 0.467. The van der Waals surface area contributed by atoms with Gasteiger partial charge in [0, 0.05) is 18.1 Å². The van der Waals surface area contributed by atoms with Gasteiger partial charge in [0.1, 0.15) is 0 Å². The normalized spacial score (nSPS) is 12.1. The standard InChI is InChI=1S/C15H21ClN4O/c1-4-19(11-15(2,3)21)9-13-10-20(18-17-13)14-7-5-12(16)6-8-14/h5-8,10,21H,4,9,11H2,1-3H3. The Kier molecular flexibility index (Phi) is 4.98. The second-order valence-electron chi connectivity index (χ2n) is 5.75. The molecular weight excluding hydrogens is 288 g/mol. The summed E-state index contributed by atoms with van der Waals surface area (Å²) < 4.78 is 1.73. The van der Waals surface area contributed by atoms with Crippen LogP contribution in [0.25, 0.3) is 5.69 Å². The topological polar surface area (TPSA) is 54.2 Å². The average molecular weight is 309 g/mol. The predicted molar refractivity (Wildman–Crippen MR) is 83.6 cm³/mol. The molecule has 0 atom stereocenters. The Morgan fingerprint density at radius 3 is 2.52 bits per heavy atom. The number of nitrogens with zero attached hydrogens (tertiary/aromatic N) is 4. The van der Waals surface area contributed by atoms with E-state index >= 15 is 0 Å². The largest absolute Gasteiger partial charge is 0.389 e. The molecule has 0 saturated carbocycles. The lowest BCUT2D eigenvalue weighted by molar-refractivity contribution is 0.0349. The quantitative estimate of drug-likeness (QED) is 0.891. The lowest BCUT2D eigenvalue weighted by atomic mass is 10.1. The molecule has 5 nitrogen and oxygen atoms in total. The maximum atomic E-state index is 9.91. The van der Waals surface area contributed by atoms with Crippen LogP contribution in [0.2, 0.25) is 5.02 Å². The third-order valence-electron chi connectivity index (χ3n) is 3.08. The summed E-state index contributed by atoms with van der Waals surface area (Å²) in [4.78, 5) is 2.14. The molecule has 21 heavy (non-hydrogen) atoms. The Balaban J connectivity index is 2.07. The highest BCUT2D eigenvalue weighted by molar-refractivity contribution is 6.30. The first-order valence-electron chi connectivity index (χ1n) is 6.99. The highest BCUT2D eigenvalue weighted by Crippen LogP contribution is 2.14. The van der Waals surface area contributed by atoms with E-state index in [4.69, 9.17) is 11.6 Å². The van der Waals surface area contributed by atoms with Crippen molar-refractivity contribution in [3.8, 4) is 5.69 Å². The molecule has 2 aromatic rings. The Labute approximate surface area is 130 Å². The van der Waals surface area contributed by atoms with E-state index in [0.29, 0.717) is 18.1 Å². The SMILES string of the molecule is CCN(Cc1cn(-c2ccc(Cl)cc2)nn1)CC(C)(C)O. The van der Waals surface area contributed by atoms with Crippen molar-refractivity contribution in [2.24, 2.45) is 0 Å². The minimum atomic E-state index is -0.720. The number of benzene rings is 1. The average Bonchev–Trinajstić information content (AvgIpc) is 2.85. The minimum Gasteiger partial charge on any atom is -0.389 e. The maximum absolute atomic E-state index is 9.91. The Bertz CT molecular complexity index is 574. The Morgan fingerprint density at radius 2 is 1.95 bits per heavy atom. The number of aromatic nitrogens is 3. The van der Waals surface area contributed by atoms with Crippen LogP contribution in [-0.4, -0.2) is 43.7 Å². The molecule has 0 bridgehead atoms. The fourth-order valence-corrected chi connectivity index (χ4v) is 2.27. The van der Waals surface area contributed by atoms with E-state index in [1.165, 1.54) is 0 Å². The second kappa shape index (κ2) is 6.56. The lowest BCUT2D eigenvalue weighted by Gasteiger charge is -2.27. The molecule has 0 aliphatic rings. The van der Waals surface area contributed by atoms with E-state index in [9.17, 15) is 5.11 Å². The molecule has 0 unspecified atom stereocenters. The van der Waals surface area contributed by atoms with Gasteiger partial charge in [-0.3, -0.25) is 4.90 Å². The minimum absolute atomic E-state index is 0.595. The third-order valence-corrected chi connectivity index (χ3v) is 3.33. The monoisotopic (exact) mass is 308 g/mol. The molecule has 0 radical (unpaired) electrons. The number of likely N-dealkylation sites (N-methyl/N-ethyl adjacent to an activating group) is 1. The van der Waals surface area contributed by atoms with Crippen LogP contribution in [-0.2, 0) is 6.54 Å². The predicted octanol–water partition coefficient (Wildman–Crippen LogP) is 2.51. The molecule has 1 aromatic heterocycles. The van der Waals surface area contributed by atoms with Crippen molar-refractivity contribution >= 4 is 11.6 Å². The van der Waals surface area contributed by atoms with Crippen LogP contribution >= 0.6 is 11.6 Å². The van der Waals surface area contributed by atoms with Crippen molar-refractivity contribution in [1.29, 1.82) is 0 Å². The summed E-state index contributed by atoms with van der Waals surface area (Å²) in [5.41, 5.74) is 1.07. The van der Waals surface area contributed by atoms with E-state index in [1.807, 2.05) is 30.5 Å². The van der Waals surface area contributed by atoms with Crippen LogP contribution < -0.4 is 0 Å². The molecule has 0 aliphatic carbocycles. The first-order chi connectivity index (χ1) is 9.87. The van der Waals surface area contributed by atoms with Gasteiger partial charge in [-0.05, 0) is 44.7 Å². The van der Waals surface area contributed by atoms with Crippen LogP contribution in [0.3, 0.4) is 0 Å². The first kappa shape index (κ1) is 15.9. The van der Waals surface area contributed by atoms with Gasteiger partial charge in [-0.2, -0.15) is 0 Å². The summed E-state index contributed by atoms with van der Waals surface area (Å²) in [6.07, 6.45) is 1.90. The van der Waals surface area contributed by atoms with Gasteiger partial charge in [0.15, 0.2) is 0 Å². The highest BCUT2D eigenvalue weighted by Gasteiger charge is 2.18. The molecule has 0 saturated heterocycles. The van der Waals surface area contributed by atoms with Gasteiger partial charge in [0.25, 0.3) is 0 Å². The van der Waals surface area contributed by atoms with Crippen LogP contribution in [0.5, 0.6) is 0 Å². The van der Waals surface area contributed by atoms with E-state index in [0.717, 1.165) is 17.9 Å². The van der Waals surface area contributed by atoms with Crippen LogP contribution in [0.15, 0.2) is 30.5 Å². The number of halogens is 1. The molecule has 114 valence electrons. The molecule has 1 heterocycles. The lowest BCUT2D eigenvalue weighted by Crippen LogP contribution is -2.38. The van der Waals surface area contributed by atoms with Gasteiger partial charge in [0.05, 0.1) is 23.2 Å². The van der Waals surface area contributed by atoms with Crippen molar-refractivity contribution in [2.45, 2.75) is 32.9 Å². The maximum Gasteiger partial charge on any atom is 0.0971 e. The van der Waals surface area contributed by atoms with E-state index in [1.54, 1.807) is 18.5 Å². The molecule has 2 rings (SSSR count). The number of hydrogen-bond donors (Lipinski definition) is 1. The van der Waals surface area contributed by atoms with E-state index in [-0.39, 0.29) is 0 Å². The first-order valence-corrected chi connectivity index (χ1v) is 7.37.